The molecule has 2 rings (SSSR count). The number of sulfone groups is 1. The van der Waals surface area contributed by atoms with Gasteiger partial charge in [0.1, 0.15) is 5.02 Å². The summed E-state index contributed by atoms with van der Waals surface area (Å²) in [6.45, 7) is 0.396. The van der Waals surface area contributed by atoms with Gasteiger partial charge in [0.05, 0.1) is 28.6 Å². The lowest BCUT2D eigenvalue weighted by atomic mass is 10.2. The molecule has 0 aromatic heterocycles. The number of hydrogen-bond donors (Lipinski definition) is 2. The molecule has 4 N–H and O–H groups in total. The number of rotatable bonds is 1. The quantitative estimate of drug-likeness (QED) is 0.750. The summed E-state index contributed by atoms with van der Waals surface area (Å²) >= 11 is 5.73. The summed E-state index contributed by atoms with van der Waals surface area (Å²) in [5.41, 5.74) is 11.6. The molecule has 0 aliphatic carbocycles. The van der Waals surface area contributed by atoms with Crippen molar-refractivity contribution in [2.24, 2.45) is 0 Å². The maximum atomic E-state index is 14.0. The van der Waals surface area contributed by atoms with Gasteiger partial charge in [0.15, 0.2) is 15.7 Å². The fourth-order valence-corrected chi connectivity index (χ4v) is 3.26. The Hall–Kier alpha value is -1.21. The second-order valence-corrected chi connectivity index (χ2v) is 6.85. The van der Waals surface area contributed by atoms with Crippen LogP contribution in [0.3, 0.4) is 0 Å². The van der Waals surface area contributed by atoms with E-state index in [2.05, 4.69) is 0 Å². The minimum atomic E-state index is -3.03. The number of anilines is 3. The van der Waals surface area contributed by atoms with Crippen molar-refractivity contribution >= 4 is 38.5 Å². The Morgan fingerprint density at radius 2 is 1.78 bits per heavy atom. The molecule has 0 amide bonds. The Balaban J connectivity index is 2.38. The highest BCUT2D eigenvalue weighted by molar-refractivity contribution is 7.91. The van der Waals surface area contributed by atoms with Crippen LogP contribution in [-0.4, -0.2) is 33.0 Å². The van der Waals surface area contributed by atoms with E-state index in [1.807, 2.05) is 0 Å². The third-order valence-corrected chi connectivity index (χ3v) is 4.89. The van der Waals surface area contributed by atoms with Gasteiger partial charge in [0.2, 0.25) is 0 Å². The first-order valence-electron chi connectivity index (χ1n) is 5.30. The summed E-state index contributed by atoms with van der Waals surface area (Å²) in [5.74, 6) is -0.740. The number of halogens is 2. The van der Waals surface area contributed by atoms with Gasteiger partial charge in [-0.05, 0) is 6.07 Å². The molecule has 1 fully saturated rings. The first kappa shape index (κ1) is 13.2. The first-order valence-corrected chi connectivity index (χ1v) is 7.50. The molecule has 0 atom stereocenters. The molecule has 1 saturated heterocycles. The average molecular weight is 294 g/mol. The maximum Gasteiger partial charge on any atom is 0.169 e. The number of benzene rings is 1. The molecule has 100 valence electrons. The van der Waals surface area contributed by atoms with Crippen molar-refractivity contribution in [3.05, 3.63) is 16.9 Å². The van der Waals surface area contributed by atoms with Crippen LogP contribution in [-0.2, 0) is 9.84 Å². The number of nitrogens with zero attached hydrogens (tertiary/aromatic N) is 1. The van der Waals surface area contributed by atoms with Crippen molar-refractivity contribution in [2.75, 3.05) is 41.0 Å². The number of nitrogens with two attached hydrogens (primary N) is 2. The molecule has 0 bridgehead atoms. The van der Waals surface area contributed by atoms with E-state index in [1.165, 1.54) is 6.07 Å². The van der Waals surface area contributed by atoms with Crippen molar-refractivity contribution in [3.63, 3.8) is 0 Å². The standard InChI is InChI=1S/C10H13ClFN3O2S/c11-8-6(13)5-7(14)10(9(8)12)15-1-3-18(16,17)4-2-15/h5H,1-4,13-14H2. The van der Waals surface area contributed by atoms with Crippen LogP contribution in [0.4, 0.5) is 21.5 Å². The van der Waals surface area contributed by atoms with E-state index in [0.717, 1.165) is 0 Å². The fraction of sp³-hybridized carbons (Fsp3) is 0.400. The third kappa shape index (κ3) is 2.32. The van der Waals surface area contributed by atoms with Crippen LogP contribution in [0.2, 0.25) is 5.02 Å². The lowest BCUT2D eigenvalue weighted by Gasteiger charge is -2.30. The normalized spacial score (nSPS) is 18.9. The Morgan fingerprint density at radius 1 is 1.22 bits per heavy atom. The van der Waals surface area contributed by atoms with Crippen molar-refractivity contribution in [2.45, 2.75) is 0 Å². The highest BCUT2D eigenvalue weighted by Gasteiger charge is 2.26. The molecule has 0 radical (unpaired) electrons. The van der Waals surface area contributed by atoms with Crippen LogP contribution in [0.5, 0.6) is 0 Å². The minimum absolute atomic E-state index is 0.0200. The van der Waals surface area contributed by atoms with E-state index in [4.69, 9.17) is 23.1 Å². The highest BCUT2D eigenvalue weighted by atomic mass is 35.5. The molecule has 0 saturated carbocycles. The molecular weight excluding hydrogens is 281 g/mol. The smallest absolute Gasteiger partial charge is 0.169 e. The Kier molecular flexibility index (Phi) is 3.29. The SMILES string of the molecule is Nc1cc(N)c(N2CCS(=O)(=O)CC2)c(F)c1Cl. The van der Waals surface area contributed by atoms with Gasteiger partial charge in [-0.1, -0.05) is 11.6 Å². The van der Waals surface area contributed by atoms with Gasteiger partial charge >= 0.3 is 0 Å². The van der Waals surface area contributed by atoms with Crippen molar-refractivity contribution < 1.29 is 12.8 Å². The molecule has 1 aliphatic heterocycles. The van der Waals surface area contributed by atoms with E-state index < -0.39 is 15.7 Å². The zero-order valence-corrected chi connectivity index (χ0v) is 11.1. The van der Waals surface area contributed by atoms with Gasteiger partial charge in [-0.2, -0.15) is 0 Å². The van der Waals surface area contributed by atoms with Gasteiger partial charge in [-0.3, -0.25) is 0 Å². The van der Waals surface area contributed by atoms with E-state index in [0.29, 0.717) is 0 Å². The van der Waals surface area contributed by atoms with Gasteiger partial charge < -0.3 is 16.4 Å². The second-order valence-electron chi connectivity index (χ2n) is 4.17. The van der Waals surface area contributed by atoms with Gasteiger partial charge in [0, 0.05) is 13.1 Å². The van der Waals surface area contributed by atoms with Crippen LogP contribution < -0.4 is 16.4 Å². The largest absolute Gasteiger partial charge is 0.397 e. The fourth-order valence-electron chi connectivity index (χ4n) is 1.91. The Labute approximate surface area is 109 Å². The predicted octanol–water partition coefficient (Wildman–Crippen LogP) is 0.878. The summed E-state index contributed by atoms with van der Waals surface area (Å²) in [5, 5.41) is -0.187. The Bertz CT molecular complexity index is 577. The molecule has 18 heavy (non-hydrogen) atoms. The van der Waals surface area contributed by atoms with Crippen LogP contribution in [0.25, 0.3) is 0 Å². The summed E-state index contributed by atoms with van der Waals surface area (Å²) in [6, 6.07) is 1.38. The molecule has 0 spiro atoms. The summed E-state index contributed by atoms with van der Waals surface area (Å²) in [6.07, 6.45) is 0. The third-order valence-electron chi connectivity index (χ3n) is 2.90. The van der Waals surface area contributed by atoms with Crippen LogP contribution >= 0.6 is 11.6 Å². The topological polar surface area (TPSA) is 89.4 Å². The van der Waals surface area contributed by atoms with E-state index in [9.17, 15) is 12.8 Å². The van der Waals surface area contributed by atoms with Gasteiger partial charge in [-0.25, -0.2) is 12.8 Å². The number of hydrogen-bond acceptors (Lipinski definition) is 5. The molecule has 1 aromatic rings. The van der Waals surface area contributed by atoms with Crippen LogP contribution in [0, 0.1) is 5.82 Å². The average Bonchev–Trinajstić information content (AvgIpc) is 2.28. The summed E-state index contributed by atoms with van der Waals surface area (Å²) in [4.78, 5) is 1.58. The zero-order valence-electron chi connectivity index (χ0n) is 9.49. The van der Waals surface area contributed by atoms with Crippen molar-refractivity contribution in [3.8, 4) is 0 Å². The van der Waals surface area contributed by atoms with Crippen molar-refractivity contribution in [1.82, 2.24) is 0 Å². The van der Waals surface area contributed by atoms with E-state index >= 15 is 0 Å². The molecule has 0 unspecified atom stereocenters. The molecule has 1 heterocycles. The lowest BCUT2D eigenvalue weighted by Crippen LogP contribution is -2.41. The van der Waals surface area contributed by atoms with Crippen LogP contribution in [0.1, 0.15) is 0 Å². The van der Waals surface area contributed by atoms with Crippen molar-refractivity contribution in [1.29, 1.82) is 0 Å². The lowest BCUT2D eigenvalue weighted by molar-refractivity contribution is 0.582. The van der Waals surface area contributed by atoms with Gasteiger partial charge in [0.25, 0.3) is 0 Å². The van der Waals surface area contributed by atoms with E-state index in [-0.39, 0.29) is 46.7 Å². The van der Waals surface area contributed by atoms with Crippen LogP contribution in [0.15, 0.2) is 6.07 Å². The second kappa shape index (κ2) is 4.47. The summed E-state index contributed by atoms with van der Waals surface area (Å²) in [7, 11) is -3.03. The monoisotopic (exact) mass is 293 g/mol. The van der Waals surface area contributed by atoms with Gasteiger partial charge in [-0.15, -0.1) is 0 Å². The number of nitrogen functional groups attached to an aromatic ring is 2. The molecular formula is C10H13ClFN3O2S. The zero-order chi connectivity index (χ0) is 13.5. The minimum Gasteiger partial charge on any atom is -0.397 e. The molecule has 1 aromatic carbocycles. The maximum absolute atomic E-state index is 14.0. The predicted molar refractivity (Wildman–Crippen MR) is 71.1 cm³/mol. The highest BCUT2D eigenvalue weighted by Crippen LogP contribution is 2.36. The molecule has 1 aliphatic rings. The Morgan fingerprint density at radius 3 is 2.33 bits per heavy atom. The van der Waals surface area contributed by atoms with E-state index in [1.54, 1.807) is 4.90 Å². The first-order chi connectivity index (χ1) is 8.32. The molecule has 8 heteroatoms. The molecule has 5 nitrogen and oxygen atoms in total. The summed E-state index contributed by atoms with van der Waals surface area (Å²) < 4.78 is 36.7.